The summed E-state index contributed by atoms with van der Waals surface area (Å²) in [6.07, 6.45) is 3.85. The number of carbonyl (C=O) groups is 2. The van der Waals surface area contributed by atoms with Gasteiger partial charge in [0.25, 0.3) is 0 Å². The highest BCUT2D eigenvalue weighted by Crippen LogP contribution is 2.32. The number of carbonyl (C=O) groups excluding carboxylic acids is 2. The van der Waals surface area contributed by atoms with E-state index in [0.29, 0.717) is 18.1 Å². The molecule has 0 aliphatic heterocycles. The lowest BCUT2D eigenvalue weighted by Gasteiger charge is -2.26. The second-order valence-corrected chi connectivity index (χ2v) is 6.01. The number of benzene rings is 1. The van der Waals surface area contributed by atoms with Crippen molar-refractivity contribution in [2.24, 2.45) is 5.92 Å². The van der Waals surface area contributed by atoms with E-state index in [9.17, 15) is 9.59 Å². The molecule has 1 N–H and O–H groups in total. The monoisotopic (exact) mass is 323 g/mol. The summed E-state index contributed by atoms with van der Waals surface area (Å²) in [6, 6.07) is 6.92. The normalized spacial score (nSPS) is 20.1. The Bertz CT molecular complexity index is 532. The van der Waals surface area contributed by atoms with Crippen molar-refractivity contribution in [3.8, 4) is 0 Å². The molecule has 0 aromatic heterocycles. The van der Waals surface area contributed by atoms with Crippen LogP contribution in [0.4, 0.5) is 4.79 Å². The number of amides is 1. The van der Waals surface area contributed by atoms with E-state index >= 15 is 0 Å². The van der Waals surface area contributed by atoms with E-state index in [0.717, 1.165) is 31.2 Å². The Morgan fingerprint density at radius 1 is 1.41 bits per heavy atom. The Hall–Kier alpha value is -1.55. The Labute approximate surface area is 136 Å². The lowest BCUT2D eigenvalue weighted by atomic mass is 9.86. The van der Waals surface area contributed by atoms with E-state index < -0.39 is 6.09 Å². The number of alkyl carbamates (subject to hydrolysis) is 1. The number of hydrogen-bond acceptors (Lipinski definition) is 3. The predicted molar refractivity (Wildman–Crippen MR) is 85.9 cm³/mol. The molecule has 0 unspecified atom stereocenters. The van der Waals surface area contributed by atoms with Crippen LogP contribution in [0.15, 0.2) is 24.3 Å². The lowest BCUT2D eigenvalue weighted by molar-refractivity contribution is -0.123. The highest BCUT2D eigenvalue weighted by atomic mass is 35.5. The number of Topliss-reactive ketones (excluding diaryl/α,β-unsaturated/α-hetero) is 1. The molecule has 1 aromatic carbocycles. The molecule has 1 aromatic rings. The maximum absolute atomic E-state index is 12.4. The zero-order valence-corrected chi connectivity index (χ0v) is 13.6. The molecule has 4 nitrogen and oxygen atoms in total. The molecule has 120 valence electrons. The molecule has 2 rings (SSSR count). The van der Waals surface area contributed by atoms with Gasteiger partial charge in [-0.15, -0.1) is 0 Å². The zero-order chi connectivity index (χ0) is 15.9. The summed E-state index contributed by atoms with van der Waals surface area (Å²) < 4.78 is 4.99. The zero-order valence-electron chi connectivity index (χ0n) is 12.8. The second kappa shape index (κ2) is 8.18. The minimum Gasteiger partial charge on any atom is -0.450 e. The quantitative estimate of drug-likeness (QED) is 0.841. The number of hydrogen-bond donors (Lipinski definition) is 1. The number of nitrogens with one attached hydrogen (secondary N) is 1. The third-order valence-corrected chi connectivity index (χ3v) is 4.25. The van der Waals surface area contributed by atoms with Crippen molar-refractivity contribution >= 4 is 23.5 Å². The predicted octanol–water partition coefficient (Wildman–Crippen LogP) is 4.28. The van der Waals surface area contributed by atoms with Gasteiger partial charge in [-0.2, -0.15) is 0 Å². The van der Waals surface area contributed by atoms with Gasteiger partial charge in [0.15, 0.2) is 0 Å². The summed E-state index contributed by atoms with van der Waals surface area (Å²) in [4.78, 5) is 24.3. The summed E-state index contributed by atoms with van der Waals surface area (Å²) in [5, 5.41) is 3.44. The molecular formula is C17H22ClNO3. The molecular weight excluding hydrogens is 302 g/mol. The van der Waals surface area contributed by atoms with E-state index in [2.05, 4.69) is 5.32 Å². The van der Waals surface area contributed by atoms with Crippen molar-refractivity contribution in [1.29, 1.82) is 0 Å². The van der Waals surface area contributed by atoms with E-state index in [1.165, 1.54) is 0 Å². The Morgan fingerprint density at radius 2 is 2.23 bits per heavy atom. The van der Waals surface area contributed by atoms with Crippen LogP contribution < -0.4 is 5.32 Å². The SMILES string of the molecule is CCOC(=O)N[C@@H](c1cccc(Cl)c1)[C@@H]1CCCCCC1=O. The second-order valence-electron chi connectivity index (χ2n) is 5.57. The molecule has 1 aliphatic carbocycles. The number of ketones is 1. The number of rotatable bonds is 4. The van der Waals surface area contributed by atoms with Crippen molar-refractivity contribution < 1.29 is 14.3 Å². The highest BCUT2D eigenvalue weighted by molar-refractivity contribution is 6.30. The van der Waals surface area contributed by atoms with Gasteiger partial charge in [-0.3, -0.25) is 4.79 Å². The first-order valence-corrected chi connectivity index (χ1v) is 8.21. The average molecular weight is 324 g/mol. The molecule has 0 radical (unpaired) electrons. The fourth-order valence-electron chi connectivity index (χ4n) is 2.96. The van der Waals surface area contributed by atoms with E-state index in [-0.39, 0.29) is 17.7 Å². The summed E-state index contributed by atoms with van der Waals surface area (Å²) in [6.45, 7) is 2.05. The lowest BCUT2D eigenvalue weighted by Crippen LogP contribution is -2.37. The molecule has 1 amide bonds. The average Bonchev–Trinajstić information content (AvgIpc) is 2.70. The van der Waals surface area contributed by atoms with Crippen LogP contribution in [0, 0.1) is 5.92 Å². The topological polar surface area (TPSA) is 55.4 Å². The third-order valence-electron chi connectivity index (χ3n) is 4.01. The molecule has 0 saturated heterocycles. The molecule has 5 heteroatoms. The van der Waals surface area contributed by atoms with Gasteiger partial charge in [0.1, 0.15) is 5.78 Å². The van der Waals surface area contributed by atoms with Gasteiger partial charge < -0.3 is 10.1 Å². The Morgan fingerprint density at radius 3 is 2.95 bits per heavy atom. The van der Waals surface area contributed by atoms with Crippen LogP contribution in [-0.4, -0.2) is 18.5 Å². The molecule has 0 spiro atoms. The first-order chi connectivity index (χ1) is 10.6. The van der Waals surface area contributed by atoms with Crippen LogP contribution in [0.2, 0.25) is 5.02 Å². The van der Waals surface area contributed by atoms with Crippen LogP contribution in [-0.2, 0) is 9.53 Å². The number of halogens is 1. The van der Waals surface area contributed by atoms with E-state index in [1.807, 2.05) is 12.1 Å². The van der Waals surface area contributed by atoms with Crippen LogP contribution in [0.25, 0.3) is 0 Å². The Balaban J connectivity index is 2.27. The molecule has 1 saturated carbocycles. The summed E-state index contributed by atoms with van der Waals surface area (Å²) in [5.74, 6) is -0.00959. The van der Waals surface area contributed by atoms with Crippen LogP contribution >= 0.6 is 11.6 Å². The van der Waals surface area contributed by atoms with Gasteiger partial charge in [-0.25, -0.2) is 4.79 Å². The van der Waals surface area contributed by atoms with Crippen LogP contribution in [0.5, 0.6) is 0 Å². The Kier molecular flexibility index (Phi) is 6.25. The standard InChI is InChI=1S/C17H22ClNO3/c1-2-22-17(21)19-16(12-7-6-8-13(18)11-12)14-9-4-3-5-10-15(14)20/h6-8,11,14,16H,2-5,9-10H2,1H3,(H,19,21)/t14-,16+/m1/s1. The first kappa shape index (κ1) is 16.8. The van der Waals surface area contributed by atoms with Gasteiger partial charge in [-0.1, -0.05) is 36.6 Å². The van der Waals surface area contributed by atoms with Gasteiger partial charge in [-0.05, 0) is 37.5 Å². The van der Waals surface area contributed by atoms with Gasteiger partial charge in [0.05, 0.1) is 12.6 Å². The minimum atomic E-state index is -0.496. The maximum Gasteiger partial charge on any atom is 0.407 e. The van der Waals surface area contributed by atoms with Gasteiger partial charge in [0.2, 0.25) is 0 Å². The van der Waals surface area contributed by atoms with Crippen molar-refractivity contribution in [3.05, 3.63) is 34.9 Å². The third kappa shape index (κ3) is 4.47. The van der Waals surface area contributed by atoms with Gasteiger partial charge >= 0.3 is 6.09 Å². The fourth-order valence-corrected chi connectivity index (χ4v) is 3.15. The fraction of sp³-hybridized carbons (Fsp3) is 0.529. The van der Waals surface area contributed by atoms with E-state index in [4.69, 9.17) is 16.3 Å². The molecule has 1 fully saturated rings. The first-order valence-electron chi connectivity index (χ1n) is 7.83. The smallest absolute Gasteiger partial charge is 0.407 e. The van der Waals surface area contributed by atoms with Gasteiger partial charge in [0, 0.05) is 17.4 Å². The van der Waals surface area contributed by atoms with Crippen LogP contribution in [0.3, 0.4) is 0 Å². The van der Waals surface area contributed by atoms with Crippen molar-refractivity contribution in [1.82, 2.24) is 5.32 Å². The number of ether oxygens (including phenoxy) is 1. The molecule has 0 bridgehead atoms. The summed E-state index contributed by atoms with van der Waals surface area (Å²) in [7, 11) is 0. The minimum absolute atomic E-state index is 0.208. The van der Waals surface area contributed by atoms with Crippen LogP contribution in [0.1, 0.15) is 50.6 Å². The molecule has 0 heterocycles. The van der Waals surface area contributed by atoms with E-state index in [1.54, 1.807) is 19.1 Å². The maximum atomic E-state index is 12.4. The largest absolute Gasteiger partial charge is 0.450 e. The molecule has 22 heavy (non-hydrogen) atoms. The summed E-state index contributed by atoms with van der Waals surface area (Å²) >= 11 is 6.07. The summed E-state index contributed by atoms with van der Waals surface area (Å²) in [5.41, 5.74) is 0.848. The van der Waals surface area contributed by atoms with Crippen molar-refractivity contribution in [2.45, 2.75) is 45.1 Å². The molecule has 1 aliphatic rings. The molecule has 2 atom stereocenters. The van der Waals surface area contributed by atoms with Crippen molar-refractivity contribution in [2.75, 3.05) is 6.61 Å². The van der Waals surface area contributed by atoms with Crippen molar-refractivity contribution in [3.63, 3.8) is 0 Å². The highest BCUT2D eigenvalue weighted by Gasteiger charge is 2.31.